The summed E-state index contributed by atoms with van der Waals surface area (Å²) in [6.45, 7) is 5.46. The van der Waals surface area contributed by atoms with Crippen LogP contribution in [0.15, 0.2) is 29.2 Å². The zero-order valence-electron chi connectivity index (χ0n) is 16.4. The normalized spacial score (nSPS) is 20.0. The van der Waals surface area contributed by atoms with Crippen LogP contribution < -0.4 is 0 Å². The molecule has 0 aromatic heterocycles. The van der Waals surface area contributed by atoms with Crippen LogP contribution >= 0.6 is 0 Å². The second-order valence-corrected chi connectivity index (χ2v) is 10.0. The zero-order chi connectivity index (χ0) is 19.3. The number of carbonyl (C=O) groups excluding carboxylic acids is 1. The van der Waals surface area contributed by atoms with E-state index in [2.05, 4.69) is 4.90 Å². The molecule has 0 spiro atoms. The molecule has 150 valence electrons. The van der Waals surface area contributed by atoms with Crippen LogP contribution in [0.2, 0.25) is 0 Å². The second kappa shape index (κ2) is 9.20. The Morgan fingerprint density at radius 2 is 1.70 bits per heavy atom. The first kappa shape index (κ1) is 20.3. The Morgan fingerprint density at radius 1 is 1.00 bits per heavy atom. The van der Waals surface area contributed by atoms with Crippen LogP contribution in [0.1, 0.15) is 51.0 Å². The molecule has 1 aromatic rings. The summed E-state index contributed by atoms with van der Waals surface area (Å²) in [7, 11) is -3.16. The lowest BCUT2D eigenvalue weighted by Gasteiger charge is -2.27. The smallest absolute Gasteiger partial charge is 0.222 e. The number of benzene rings is 1. The predicted octanol–water partition coefficient (Wildman–Crippen LogP) is 2.89. The molecule has 2 fully saturated rings. The van der Waals surface area contributed by atoms with Crippen LogP contribution in [0.25, 0.3) is 0 Å². The van der Waals surface area contributed by atoms with Crippen LogP contribution in [-0.2, 0) is 21.1 Å². The molecule has 1 saturated carbocycles. The van der Waals surface area contributed by atoms with Gasteiger partial charge in [-0.3, -0.25) is 9.69 Å². The van der Waals surface area contributed by atoms with E-state index in [4.69, 9.17) is 0 Å². The summed E-state index contributed by atoms with van der Waals surface area (Å²) >= 11 is 0. The summed E-state index contributed by atoms with van der Waals surface area (Å²) in [6, 6.07) is 7.71. The number of rotatable bonds is 6. The molecule has 0 radical (unpaired) electrons. The van der Waals surface area contributed by atoms with Crippen molar-refractivity contribution in [3.8, 4) is 0 Å². The Hall–Kier alpha value is -1.40. The summed E-state index contributed by atoms with van der Waals surface area (Å²) in [4.78, 5) is 17.6. The van der Waals surface area contributed by atoms with E-state index >= 15 is 0 Å². The lowest BCUT2D eigenvalue weighted by Crippen LogP contribution is -2.38. The van der Waals surface area contributed by atoms with Crippen molar-refractivity contribution in [2.45, 2.75) is 62.8 Å². The monoisotopic (exact) mass is 392 g/mol. The summed E-state index contributed by atoms with van der Waals surface area (Å²) in [5, 5.41) is 0. The van der Waals surface area contributed by atoms with Crippen molar-refractivity contribution in [3.05, 3.63) is 29.8 Å². The maximum atomic E-state index is 12.6. The Balaban J connectivity index is 1.49. The van der Waals surface area contributed by atoms with Crippen LogP contribution in [-0.4, -0.2) is 62.1 Å². The van der Waals surface area contributed by atoms with Gasteiger partial charge in [-0.15, -0.1) is 0 Å². The van der Waals surface area contributed by atoms with Crippen LogP contribution in [0.3, 0.4) is 0 Å². The van der Waals surface area contributed by atoms with Gasteiger partial charge >= 0.3 is 0 Å². The molecule has 3 rings (SSSR count). The first-order chi connectivity index (χ1) is 13.0. The summed E-state index contributed by atoms with van der Waals surface area (Å²) in [6.07, 6.45) is 7.54. The SMILES string of the molecule is CCS(=O)(=O)c1ccc(CCC(=O)N2CCCN(C3CCCC3)CC2)cc1. The van der Waals surface area contributed by atoms with Gasteiger partial charge in [0.25, 0.3) is 0 Å². The minimum absolute atomic E-state index is 0.109. The van der Waals surface area contributed by atoms with Gasteiger partial charge in [0, 0.05) is 38.6 Å². The molecule has 1 aliphatic carbocycles. The summed E-state index contributed by atoms with van der Waals surface area (Å²) < 4.78 is 23.7. The van der Waals surface area contributed by atoms with E-state index in [-0.39, 0.29) is 11.7 Å². The van der Waals surface area contributed by atoms with E-state index in [1.54, 1.807) is 19.1 Å². The second-order valence-electron chi connectivity index (χ2n) is 7.76. The molecule has 0 unspecified atom stereocenters. The van der Waals surface area contributed by atoms with Gasteiger partial charge in [-0.05, 0) is 43.4 Å². The standard InChI is InChI=1S/C21H32N2O3S/c1-2-27(25,26)20-11-8-18(9-12-20)10-13-21(24)23-15-5-14-22(16-17-23)19-6-3-4-7-19/h8-9,11-12,19H,2-7,10,13-17H2,1H3. The highest BCUT2D eigenvalue weighted by Gasteiger charge is 2.26. The number of sulfone groups is 1. The Morgan fingerprint density at radius 3 is 2.37 bits per heavy atom. The minimum atomic E-state index is -3.16. The topological polar surface area (TPSA) is 57.7 Å². The summed E-state index contributed by atoms with van der Waals surface area (Å²) in [5.74, 6) is 0.325. The molecule has 0 N–H and O–H groups in total. The van der Waals surface area contributed by atoms with Gasteiger partial charge in [-0.1, -0.05) is 31.9 Å². The lowest BCUT2D eigenvalue weighted by molar-refractivity contribution is -0.131. The highest BCUT2D eigenvalue weighted by atomic mass is 32.2. The number of hydrogen-bond donors (Lipinski definition) is 0. The molecule has 0 bridgehead atoms. The fraction of sp³-hybridized carbons (Fsp3) is 0.667. The number of amides is 1. The van der Waals surface area contributed by atoms with Gasteiger partial charge in [0.2, 0.25) is 5.91 Å². The van der Waals surface area contributed by atoms with Gasteiger partial charge in [-0.2, -0.15) is 0 Å². The molecule has 1 heterocycles. The fourth-order valence-corrected chi connectivity index (χ4v) is 5.14. The molecule has 5 nitrogen and oxygen atoms in total. The third kappa shape index (κ3) is 5.32. The molecule has 1 saturated heterocycles. The van der Waals surface area contributed by atoms with Gasteiger partial charge in [0.05, 0.1) is 10.6 Å². The molecule has 2 aliphatic rings. The molecule has 1 aromatic carbocycles. The van der Waals surface area contributed by atoms with Crippen LogP contribution in [0.4, 0.5) is 0 Å². The molecule has 27 heavy (non-hydrogen) atoms. The molecule has 1 aliphatic heterocycles. The largest absolute Gasteiger partial charge is 0.341 e. The van der Waals surface area contributed by atoms with E-state index in [1.807, 2.05) is 17.0 Å². The van der Waals surface area contributed by atoms with Gasteiger partial charge in [0.1, 0.15) is 0 Å². The van der Waals surface area contributed by atoms with E-state index in [0.29, 0.717) is 17.7 Å². The number of aryl methyl sites for hydroxylation is 1. The van der Waals surface area contributed by atoms with E-state index in [9.17, 15) is 13.2 Å². The van der Waals surface area contributed by atoms with Crippen molar-refractivity contribution in [1.29, 1.82) is 0 Å². The van der Waals surface area contributed by atoms with Gasteiger partial charge in [-0.25, -0.2) is 8.42 Å². The summed E-state index contributed by atoms with van der Waals surface area (Å²) in [5.41, 5.74) is 1.01. The average Bonchev–Trinajstić information content (AvgIpc) is 3.11. The minimum Gasteiger partial charge on any atom is -0.341 e. The molecule has 1 amide bonds. The fourth-order valence-electron chi connectivity index (χ4n) is 4.26. The van der Waals surface area contributed by atoms with Crippen molar-refractivity contribution in [2.75, 3.05) is 31.9 Å². The van der Waals surface area contributed by atoms with Crippen LogP contribution in [0, 0.1) is 0 Å². The third-order valence-electron chi connectivity index (χ3n) is 6.01. The lowest BCUT2D eigenvalue weighted by atomic mass is 10.1. The highest BCUT2D eigenvalue weighted by molar-refractivity contribution is 7.91. The number of nitrogens with zero attached hydrogens (tertiary/aromatic N) is 2. The Labute approximate surface area is 163 Å². The van der Waals surface area contributed by atoms with E-state index in [1.165, 1.54) is 25.7 Å². The molecular weight excluding hydrogens is 360 g/mol. The van der Waals surface area contributed by atoms with Crippen molar-refractivity contribution < 1.29 is 13.2 Å². The Kier molecular flexibility index (Phi) is 6.93. The molecular formula is C21H32N2O3S. The highest BCUT2D eigenvalue weighted by Crippen LogP contribution is 2.24. The molecule has 6 heteroatoms. The van der Waals surface area contributed by atoms with Gasteiger partial charge in [0.15, 0.2) is 9.84 Å². The van der Waals surface area contributed by atoms with Crippen molar-refractivity contribution in [3.63, 3.8) is 0 Å². The van der Waals surface area contributed by atoms with Crippen molar-refractivity contribution in [1.82, 2.24) is 9.80 Å². The molecule has 0 atom stereocenters. The Bertz CT molecular complexity index is 724. The van der Waals surface area contributed by atoms with Crippen LogP contribution in [0.5, 0.6) is 0 Å². The van der Waals surface area contributed by atoms with E-state index in [0.717, 1.165) is 44.2 Å². The zero-order valence-corrected chi connectivity index (χ0v) is 17.2. The third-order valence-corrected chi connectivity index (χ3v) is 7.76. The van der Waals surface area contributed by atoms with Crippen molar-refractivity contribution in [2.24, 2.45) is 0 Å². The maximum Gasteiger partial charge on any atom is 0.222 e. The van der Waals surface area contributed by atoms with Crippen molar-refractivity contribution >= 4 is 15.7 Å². The van der Waals surface area contributed by atoms with E-state index < -0.39 is 9.84 Å². The quantitative estimate of drug-likeness (QED) is 0.747. The van der Waals surface area contributed by atoms with Gasteiger partial charge < -0.3 is 4.90 Å². The number of hydrogen-bond acceptors (Lipinski definition) is 4. The average molecular weight is 393 g/mol. The number of carbonyl (C=O) groups is 1. The first-order valence-corrected chi connectivity index (χ1v) is 12.0. The predicted molar refractivity (Wildman–Crippen MR) is 108 cm³/mol. The first-order valence-electron chi connectivity index (χ1n) is 10.3. The maximum absolute atomic E-state index is 12.6.